The van der Waals surface area contributed by atoms with E-state index in [1.54, 1.807) is 12.2 Å². The highest BCUT2D eigenvalue weighted by molar-refractivity contribution is 5.89. The first-order chi connectivity index (χ1) is 8.93. The second-order valence-corrected chi connectivity index (χ2v) is 5.95. The van der Waals surface area contributed by atoms with Crippen molar-refractivity contribution in [3.05, 3.63) is 12.2 Å². The smallest absolute Gasteiger partial charge is 0.329 e. The zero-order chi connectivity index (χ0) is 14.0. The maximum absolute atomic E-state index is 12.2. The first-order valence-corrected chi connectivity index (χ1v) is 6.92. The number of hydrogen-bond donors (Lipinski definition) is 3. The van der Waals surface area contributed by atoms with Crippen LogP contribution >= 0.6 is 0 Å². The largest absolute Gasteiger partial charge is 0.480 e. The third kappa shape index (κ3) is 2.97. The lowest BCUT2D eigenvalue weighted by Crippen LogP contribution is -2.57. The summed E-state index contributed by atoms with van der Waals surface area (Å²) < 4.78 is 0. The molecule has 0 spiro atoms. The molecule has 106 valence electrons. The van der Waals surface area contributed by atoms with Crippen molar-refractivity contribution in [1.82, 2.24) is 5.32 Å². The molecule has 2 aliphatic carbocycles. The van der Waals surface area contributed by atoms with Crippen LogP contribution in [0.2, 0.25) is 0 Å². The van der Waals surface area contributed by atoms with E-state index < -0.39 is 11.5 Å². The number of nitrogens with two attached hydrogens (primary N) is 1. The monoisotopic (exact) mass is 266 g/mol. The van der Waals surface area contributed by atoms with Gasteiger partial charge in [0.25, 0.3) is 0 Å². The SMILES string of the molecule is CC1CCC(NC(=O)C2C=CC(N)C2)(C(=O)O)CC1. The van der Waals surface area contributed by atoms with Crippen LogP contribution in [-0.2, 0) is 9.59 Å². The van der Waals surface area contributed by atoms with Gasteiger partial charge in [0.05, 0.1) is 5.92 Å². The van der Waals surface area contributed by atoms with Crippen LogP contribution in [0.4, 0.5) is 0 Å². The molecule has 0 radical (unpaired) electrons. The first kappa shape index (κ1) is 14.1. The molecule has 0 aromatic rings. The zero-order valence-electron chi connectivity index (χ0n) is 11.3. The molecule has 2 rings (SSSR count). The number of rotatable bonds is 3. The van der Waals surface area contributed by atoms with Crippen molar-refractivity contribution in [3.63, 3.8) is 0 Å². The van der Waals surface area contributed by atoms with Gasteiger partial charge in [-0.1, -0.05) is 19.1 Å². The molecule has 0 aliphatic heterocycles. The van der Waals surface area contributed by atoms with Crippen molar-refractivity contribution in [3.8, 4) is 0 Å². The van der Waals surface area contributed by atoms with E-state index in [1.807, 2.05) is 0 Å². The minimum atomic E-state index is -1.08. The van der Waals surface area contributed by atoms with Crippen molar-refractivity contribution in [2.24, 2.45) is 17.6 Å². The van der Waals surface area contributed by atoms with Gasteiger partial charge in [0.15, 0.2) is 0 Å². The maximum atomic E-state index is 12.2. The van der Waals surface area contributed by atoms with E-state index in [4.69, 9.17) is 5.73 Å². The summed E-state index contributed by atoms with van der Waals surface area (Å²) in [5.74, 6) is -0.880. The topological polar surface area (TPSA) is 92.4 Å². The third-order valence-electron chi connectivity index (χ3n) is 4.35. The third-order valence-corrected chi connectivity index (χ3v) is 4.35. The summed E-state index contributed by atoms with van der Waals surface area (Å²) in [6.07, 6.45) is 6.86. The average Bonchev–Trinajstić information content (AvgIpc) is 2.79. The molecule has 2 unspecified atom stereocenters. The predicted octanol–water partition coefficient (Wildman–Crippen LogP) is 1.04. The highest BCUT2D eigenvalue weighted by Gasteiger charge is 2.43. The highest BCUT2D eigenvalue weighted by Crippen LogP contribution is 2.33. The molecule has 5 heteroatoms. The Morgan fingerprint density at radius 3 is 2.42 bits per heavy atom. The molecule has 0 heterocycles. The van der Waals surface area contributed by atoms with Gasteiger partial charge in [-0.15, -0.1) is 0 Å². The van der Waals surface area contributed by atoms with Gasteiger partial charge in [-0.2, -0.15) is 0 Å². The number of carboxylic acids is 1. The van der Waals surface area contributed by atoms with E-state index >= 15 is 0 Å². The Morgan fingerprint density at radius 2 is 1.95 bits per heavy atom. The summed E-state index contributed by atoms with van der Waals surface area (Å²) in [6.45, 7) is 2.12. The van der Waals surface area contributed by atoms with Crippen LogP contribution in [0.3, 0.4) is 0 Å². The van der Waals surface area contributed by atoms with E-state index in [9.17, 15) is 14.7 Å². The number of carboxylic acid groups (broad SMARTS) is 1. The summed E-state index contributed by atoms with van der Waals surface area (Å²) >= 11 is 0. The van der Waals surface area contributed by atoms with Gasteiger partial charge in [0.2, 0.25) is 5.91 Å². The number of hydrogen-bond acceptors (Lipinski definition) is 3. The van der Waals surface area contributed by atoms with E-state index in [0.717, 1.165) is 12.8 Å². The molecule has 4 N–H and O–H groups in total. The van der Waals surface area contributed by atoms with Crippen molar-refractivity contribution >= 4 is 11.9 Å². The molecule has 1 saturated carbocycles. The highest BCUT2D eigenvalue weighted by atomic mass is 16.4. The van der Waals surface area contributed by atoms with E-state index in [0.29, 0.717) is 25.2 Å². The summed E-state index contributed by atoms with van der Waals surface area (Å²) in [5.41, 5.74) is 4.64. The summed E-state index contributed by atoms with van der Waals surface area (Å²) in [6, 6.07) is -0.0945. The van der Waals surface area contributed by atoms with Crippen molar-refractivity contribution in [2.75, 3.05) is 0 Å². The number of carbonyl (C=O) groups is 2. The molecule has 1 amide bonds. The fourth-order valence-electron chi connectivity index (χ4n) is 2.90. The van der Waals surface area contributed by atoms with Crippen LogP contribution in [0.25, 0.3) is 0 Å². The molecular formula is C14H22N2O3. The van der Waals surface area contributed by atoms with Gasteiger partial charge in [-0.25, -0.2) is 4.79 Å². The van der Waals surface area contributed by atoms with Crippen LogP contribution in [0.15, 0.2) is 12.2 Å². The van der Waals surface area contributed by atoms with Gasteiger partial charge in [-0.3, -0.25) is 4.79 Å². The summed E-state index contributed by atoms with van der Waals surface area (Å²) in [5, 5.41) is 12.2. The van der Waals surface area contributed by atoms with E-state index in [-0.39, 0.29) is 17.9 Å². The summed E-state index contributed by atoms with van der Waals surface area (Å²) in [7, 11) is 0. The molecule has 0 aromatic heterocycles. The second kappa shape index (κ2) is 5.33. The molecule has 2 aliphatic rings. The molecule has 1 fully saturated rings. The molecular weight excluding hydrogens is 244 g/mol. The Hall–Kier alpha value is -1.36. The minimum absolute atomic E-state index is 0.0945. The maximum Gasteiger partial charge on any atom is 0.329 e. The number of amides is 1. The van der Waals surface area contributed by atoms with Crippen LogP contribution in [0.5, 0.6) is 0 Å². The van der Waals surface area contributed by atoms with E-state index in [1.165, 1.54) is 0 Å². The van der Waals surface area contributed by atoms with Gasteiger partial charge in [0.1, 0.15) is 5.54 Å². The lowest BCUT2D eigenvalue weighted by atomic mass is 9.77. The summed E-state index contributed by atoms with van der Waals surface area (Å²) in [4.78, 5) is 23.7. The Bertz CT molecular complexity index is 397. The predicted molar refractivity (Wildman–Crippen MR) is 71.4 cm³/mol. The first-order valence-electron chi connectivity index (χ1n) is 6.92. The molecule has 0 aromatic carbocycles. The van der Waals surface area contributed by atoms with Crippen LogP contribution in [-0.4, -0.2) is 28.6 Å². The Kier molecular flexibility index (Phi) is 3.94. The molecule has 5 nitrogen and oxygen atoms in total. The van der Waals surface area contributed by atoms with Gasteiger partial charge in [-0.05, 0) is 38.0 Å². The lowest BCUT2D eigenvalue weighted by Gasteiger charge is -2.37. The van der Waals surface area contributed by atoms with Crippen molar-refractivity contribution in [2.45, 2.75) is 50.6 Å². The van der Waals surface area contributed by atoms with Gasteiger partial charge < -0.3 is 16.2 Å². The number of carbonyl (C=O) groups excluding carboxylic acids is 1. The van der Waals surface area contributed by atoms with Crippen LogP contribution in [0.1, 0.15) is 39.0 Å². The molecule has 19 heavy (non-hydrogen) atoms. The standard InChI is InChI=1S/C14H22N2O3/c1-9-4-6-14(7-5-9,13(18)19)16-12(17)10-2-3-11(15)8-10/h2-3,9-11H,4-8,15H2,1H3,(H,16,17)(H,18,19). The van der Waals surface area contributed by atoms with Crippen molar-refractivity contribution < 1.29 is 14.7 Å². The molecule has 0 saturated heterocycles. The molecule has 0 bridgehead atoms. The fourth-order valence-corrected chi connectivity index (χ4v) is 2.90. The minimum Gasteiger partial charge on any atom is -0.480 e. The fraction of sp³-hybridized carbons (Fsp3) is 0.714. The Morgan fingerprint density at radius 1 is 1.32 bits per heavy atom. The van der Waals surface area contributed by atoms with E-state index in [2.05, 4.69) is 12.2 Å². The number of nitrogens with one attached hydrogen (secondary N) is 1. The average molecular weight is 266 g/mol. The second-order valence-electron chi connectivity index (χ2n) is 5.95. The van der Waals surface area contributed by atoms with Gasteiger partial charge >= 0.3 is 5.97 Å². The Balaban J connectivity index is 2.03. The molecule has 2 atom stereocenters. The lowest BCUT2D eigenvalue weighted by molar-refractivity contribution is -0.150. The zero-order valence-corrected chi connectivity index (χ0v) is 11.3. The van der Waals surface area contributed by atoms with Crippen LogP contribution in [0, 0.1) is 11.8 Å². The quantitative estimate of drug-likeness (QED) is 0.665. The normalized spacial score (nSPS) is 38.1. The van der Waals surface area contributed by atoms with Gasteiger partial charge in [0, 0.05) is 6.04 Å². The Labute approximate surface area is 113 Å². The van der Waals surface area contributed by atoms with Crippen molar-refractivity contribution in [1.29, 1.82) is 0 Å². The van der Waals surface area contributed by atoms with Crippen LogP contribution < -0.4 is 11.1 Å². The number of aliphatic carboxylic acids is 1.